The Bertz CT molecular complexity index is 216. The van der Waals surface area contributed by atoms with Gasteiger partial charge in [-0.15, -0.1) is 11.6 Å². The average Bonchev–Trinajstić information content (AvgIpc) is 2.61. The number of rotatable bonds is 2. The molecule has 2 atom stereocenters. The lowest BCUT2D eigenvalue weighted by molar-refractivity contribution is 0.0770. The number of alkyl carbamates (subject to hydrolysis) is 1. The second-order valence-corrected chi connectivity index (χ2v) is 4.48. The minimum atomic E-state index is -0.300. The van der Waals surface area contributed by atoms with Crippen LogP contribution in [0.5, 0.6) is 0 Å². The number of halogens is 1. The summed E-state index contributed by atoms with van der Waals surface area (Å²) in [4.78, 5) is 11.1. The van der Waals surface area contributed by atoms with Crippen LogP contribution < -0.4 is 5.32 Å². The van der Waals surface area contributed by atoms with Crippen molar-refractivity contribution in [3.05, 3.63) is 0 Å². The van der Waals surface area contributed by atoms with E-state index in [0.717, 1.165) is 0 Å². The molecular formula is C10H16ClNO2. The number of hydrogen-bond donors (Lipinski definition) is 1. The van der Waals surface area contributed by atoms with Crippen LogP contribution in [0.2, 0.25) is 0 Å². The number of amides is 1. The van der Waals surface area contributed by atoms with Crippen molar-refractivity contribution < 1.29 is 9.53 Å². The van der Waals surface area contributed by atoms with Gasteiger partial charge in [0.05, 0.1) is 6.04 Å². The van der Waals surface area contributed by atoms with Gasteiger partial charge in [-0.25, -0.2) is 4.79 Å². The number of hydrogen-bond acceptors (Lipinski definition) is 2. The van der Waals surface area contributed by atoms with E-state index in [0.29, 0.717) is 11.8 Å². The third kappa shape index (κ3) is 1.97. The summed E-state index contributed by atoms with van der Waals surface area (Å²) in [5.74, 6) is 0.971. The lowest BCUT2D eigenvalue weighted by atomic mass is 9.83. The Labute approximate surface area is 89.1 Å². The van der Waals surface area contributed by atoms with Crippen molar-refractivity contribution in [3.63, 3.8) is 0 Å². The van der Waals surface area contributed by atoms with Gasteiger partial charge in [-0.2, -0.15) is 0 Å². The summed E-state index contributed by atoms with van der Waals surface area (Å²) in [7, 11) is 0. The van der Waals surface area contributed by atoms with Gasteiger partial charge in [0.15, 0.2) is 0 Å². The summed E-state index contributed by atoms with van der Waals surface area (Å²) in [5.41, 5.74) is 0. The Morgan fingerprint density at radius 3 is 2.71 bits per heavy atom. The average molecular weight is 218 g/mol. The second-order valence-electron chi connectivity index (χ2n) is 4.17. The molecule has 2 rings (SSSR count). The molecule has 1 N–H and O–H groups in total. The quantitative estimate of drug-likeness (QED) is 0.721. The van der Waals surface area contributed by atoms with Gasteiger partial charge in [0.1, 0.15) is 6.10 Å². The van der Waals surface area contributed by atoms with Gasteiger partial charge in [0, 0.05) is 5.88 Å². The first-order valence-corrected chi connectivity index (χ1v) is 5.88. The molecular weight excluding hydrogens is 202 g/mol. The molecule has 2 fully saturated rings. The summed E-state index contributed by atoms with van der Waals surface area (Å²) in [5, 5.41) is 2.76. The van der Waals surface area contributed by atoms with Gasteiger partial charge in [-0.1, -0.05) is 19.3 Å². The molecule has 0 bridgehead atoms. The zero-order valence-corrected chi connectivity index (χ0v) is 8.93. The van der Waals surface area contributed by atoms with Gasteiger partial charge in [0.2, 0.25) is 0 Å². The SMILES string of the molecule is O=C1N[C@@H](CCl)[C@H](C2CCCCC2)O1. The van der Waals surface area contributed by atoms with Crippen LogP contribution >= 0.6 is 11.6 Å². The van der Waals surface area contributed by atoms with Crippen LogP contribution in [0.15, 0.2) is 0 Å². The Morgan fingerprint density at radius 2 is 2.07 bits per heavy atom. The lowest BCUT2D eigenvalue weighted by Crippen LogP contribution is -2.38. The van der Waals surface area contributed by atoms with Gasteiger partial charge in [-0.3, -0.25) is 0 Å². The minimum absolute atomic E-state index is 0.0142. The van der Waals surface area contributed by atoms with E-state index >= 15 is 0 Å². The molecule has 0 unspecified atom stereocenters. The smallest absolute Gasteiger partial charge is 0.407 e. The molecule has 14 heavy (non-hydrogen) atoms. The molecule has 1 aliphatic heterocycles. The summed E-state index contributed by atoms with van der Waals surface area (Å²) in [6.45, 7) is 0. The van der Waals surface area contributed by atoms with Crippen molar-refractivity contribution in [1.29, 1.82) is 0 Å². The van der Waals surface area contributed by atoms with Crippen LogP contribution in [0.4, 0.5) is 4.79 Å². The number of carbonyl (C=O) groups is 1. The predicted molar refractivity (Wildman–Crippen MR) is 54.5 cm³/mol. The molecule has 4 heteroatoms. The molecule has 0 radical (unpaired) electrons. The summed E-state index contributed by atoms with van der Waals surface area (Å²) in [6, 6.07) is 0.0206. The zero-order valence-electron chi connectivity index (χ0n) is 8.17. The molecule has 0 aromatic carbocycles. The van der Waals surface area contributed by atoms with E-state index in [1.165, 1.54) is 32.1 Å². The number of alkyl halides is 1. The molecule has 0 aromatic rings. The summed E-state index contributed by atoms with van der Waals surface area (Å²) >= 11 is 5.79. The normalized spacial score (nSPS) is 33.9. The van der Waals surface area contributed by atoms with E-state index in [-0.39, 0.29) is 18.2 Å². The topological polar surface area (TPSA) is 38.3 Å². The third-order valence-electron chi connectivity index (χ3n) is 3.22. The lowest BCUT2D eigenvalue weighted by Gasteiger charge is -2.28. The van der Waals surface area contributed by atoms with Gasteiger partial charge in [-0.05, 0) is 18.8 Å². The van der Waals surface area contributed by atoms with Crippen molar-refractivity contribution >= 4 is 17.7 Å². The molecule has 80 valence electrons. The molecule has 1 aliphatic carbocycles. The van der Waals surface area contributed by atoms with Crippen molar-refractivity contribution in [3.8, 4) is 0 Å². The maximum atomic E-state index is 11.1. The highest BCUT2D eigenvalue weighted by Crippen LogP contribution is 2.31. The maximum absolute atomic E-state index is 11.1. The number of carbonyl (C=O) groups excluding carboxylic acids is 1. The van der Waals surface area contributed by atoms with Crippen LogP contribution in [-0.4, -0.2) is 24.1 Å². The molecule has 1 saturated heterocycles. The highest BCUT2D eigenvalue weighted by molar-refractivity contribution is 6.18. The number of cyclic esters (lactones) is 1. The highest BCUT2D eigenvalue weighted by atomic mass is 35.5. The predicted octanol–water partition coefficient (Wildman–Crippen LogP) is 2.28. The zero-order chi connectivity index (χ0) is 9.97. The molecule has 3 nitrogen and oxygen atoms in total. The van der Waals surface area contributed by atoms with Crippen LogP contribution in [0.1, 0.15) is 32.1 Å². The van der Waals surface area contributed by atoms with Gasteiger partial charge < -0.3 is 10.1 Å². The van der Waals surface area contributed by atoms with Crippen LogP contribution in [0.25, 0.3) is 0 Å². The van der Waals surface area contributed by atoms with Crippen LogP contribution in [-0.2, 0) is 4.74 Å². The van der Waals surface area contributed by atoms with Crippen molar-refractivity contribution in [2.75, 3.05) is 5.88 Å². The van der Waals surface area contributed by atoms with Crippen molar-refractivity contribution in [2.24, 2.45) is 5.92 Å². The van der Waals surface area contributed by atoms with Crippen molar-refractivity contribution in [2.45, 2.75) is 44.2 Å². The Balaban J connectivity index is 1.97. The minimum Gasteiger partial charge on any atom is -0.444 e. The van der Waals surface area contributed by atoms with Gasteiger partial charge >= 0.3 is 6.09 Å². The standard InChI is InChI=1S/C10H16ClNO2/c11-6-8-9(14-10(13)12-8)7-4-2-1-3-5-7/h7-9H,1-6H2,(H,12,13)/t8-,9-/m0/s1. The first-order valence-electron chi connectivity index (χ1n) is 5.34. The second kappa shape index (κ2) is 4.39. The van der Waals surface area contributed by atoms with E-state index in [1.807, 2.05) is 0 Å². The van der Waals surface area contributed by atoms with E-state index in [2.05, 4.69) is 5.32 Å². The van der Waals surface area contributed by atoms with Crippen LogP contribution in [0, 0.1) is 5.92 Å². The molecule has 0 spiro atoms. The third-order valence-corrected chi connectivity index (χ3v) is 3.56. The number of ether oxygens (including phenoxy) is 1. The van der Waals surface area contributed by atoms with E-state index in [9.17, 15) is 4.79 Å². The summed E-state index contributed by atoms with van der Waals surface area (Å²) in [6.07, 6.45) is 5.89. The molecule has 1 amide bonds. The van der Waals surface area contributed by atoms with E-state index in [1.54, 1.807) is 0 Å². The molecule has 0 aromatic heterocycles. The highest BCUT2D eigenvalue weighted by Gasteiger charge is 2.39. The Kier molecular flexibility index (Phi) is 3.16. The first-order chi connectivity index (χ1) is 6.81. The maximum Gasteiger partial charge on any atom is 0.407 e. The largest absolute Gasteiger partial charge is 0.444 e. The first kappa shape index (κ1) is 10.1. The van der Waals surface area contributed by atoms with Crippen LogP contribution in [0.3, 0.4) is 0 Å². The Hall–Kier alpha value is -0.440. The van der Waals surface area contributed by atoms with E-state index < -0.39 is 0 Å². The fourth-order valence-electron chi connectivity index (χ4n) is 2.49. The fourth-order valence-corrected chi connectivity index (χ4v) is 2.74. The monoisotopic (exact) mass is 217 g/mol. The molecule has 2 aliphatic rings. The molecule has 1 saturated carbocycles. The summed E-state index contributed by atoms with van der Waals surface area (Å²) < 4.78 is 5.27. The van der Waals surface area contributed by atoms with Gasteiger partial charge in [0.25, 0.3) is 0 Å². The Morgan fingerprint density at radius 1 is 1.36 bits per heavy atom. The fraction of sp³-hybridized carbons (Fsp3) is 0.900. The number of nitrogens with one attached hydrogen (secondary N) is 1. The van der Waals surface area contributed by atoms with Crippen molar-refractivity contribution in [1.82, 2.24) is 5.32 Å². The van der Waals surface area contributed by atoms with E-state index in [4.69, 9.17) is 16.3 Å². The molecule has 1 heterocycles.